The van der Waals surface area contributed by atoms with Gasteiger partial charge in [-0.1, -0.05) is 36.4 Å². The smallest absolute Gasteiger partial charge is 0.408 e. The zero-order valence-corrected chi connectivity index (χ0v) is 17.4. The molecule has 2 aromatic carbocycles. The standard InChI is InChI=1S/C23H26N4O3/c1-23(2,3)30-22(29)26-19-12-15-8-4-5-9-16(15)13-27(21(19)28)14-20-24-17-10-6-7-11-18(17)25-20/h4-11,19H,12-14H2,1-3H3,(H,24,25)(H,26,29)/t19-/m0/s1. The predicted molar refractivity (Wildman–Crippen MR) is 114 cm³/mol. The molecule has 4 rings (SSSR count). The molecule has 2 amide bonds. The van der Waals surface area contributed by atoms with Crippen LogP contribution in [-0.4, -0.2) is 38.5 Å². The number of aromatic nitrogens is 2. The van der Waals surface area contributed by atoms with Crippen LogP contribution in [0.25, 0.3) is 11.0 Å². The van der Waals surface area contributed by atoms with Crippen molar-refractivity contribution in [1.29, 1.82) is 0 Å². The molecule has 7 nitrogen and oxygen atoms in total. The number of carbonyl (C=O) groups is 2. The minimum atomic E-state index is -0.701. The average Bonchev–Trinajstić information content (AvgIpc) is 3.03. The summed E-state index contributed by atoms with van der Waals surface area (Å²) in [4.78, 5) is 35.3. The molecule has 0 saturated heterocycles. The lowest BCUT2D eigenvalue weighted by atomic mass is 10.0. The number of nitrogens with one attached hydrogen (secondary N) is 2. The van der Waals surface area contributed by atoms with Gasteiger partial charge in [0.15, 0.2) is 0 Å². The van der Waals surface area contributed by atoms with Gasteiger partial charge in [-0.05, 0) is 44.0 Å². The summed E-state index contributed by atoms with van der Waals surface area (Å²) in [7, 11) is 0. The summed E-state index contributed by atoms with van der Waals surface area (Å²) < 4.78 is 5.37. The van der Waals surface area contributed by atoms with E-state index in [9.17, 15) is 9.59 Å². The fourth-order valence-electron chi connectivity index (χ4n) is 3.68. The average molecular weight is 406 g/mol. The van der Waals surface area contributed by atoms with Gasteiger partial charge in [-0.2, -0.15) is 0 Å². The van der Waals surface area contributed by atoms with Gasteiger partial charge in [-0.15, -0.1) is 0 Å². The van der Waals surface area contributed by atoms with E-state index in [2.05, 4.69) is 15.3 Å². The molecule has 3 aromatic rings. The number of hydrogen-bond donors (Lipinski definition) is 2. The molecule has 0 aliphatic carbocycles. The molecule has 2 heterocycles. The van der Waals surface area contributed by atoms with Crippen LogP contribution in [-0.2, 0) is 29.0 Å². The van der Waals surface area contributed by atoms with Gasteiger partial charge in [0.1, 0.15) is 17.5 Å². The van der Waals surface area contributed by atoms with Gasteiger partial charge in [0.25, 0.3) is 0 Å². The Balaban J connectivity index is 1.60. The molecule has 0 saturated carbocycles. The number of H-pyrrole nitrogens is 1. The van der Waals surface area contributed by atoms with Crippen molar-refractivity contribution >= 4 is 23.0 Å². The highest BCUT2D eigenvalue weighted by molar-refractivity contribution is 5.86. The van der Waals surface area contributed by atoms with Gasteiger partial charge in [-0.3, -0.25) is 4.79 Å². The van der Waals surface area contributed by atoms with E-state index in [-0.39, 0.29) is 5.91 Å². The number of rotatable bonds is 3. The van der Waals surface area contributed by atoms with E-state index < -0.39 is 17.7 Å². The molecule has 0 unspecified atom stereocenters. The highest BCUT2D eigenvalue weighted by atomic mass is 16.6. The molecule has 0 spiro atoms. The van der Waals surface area contributed by atoms with Crippen LogP contribution in [0.3, 0.4) is 0 Å². The number of benzene rings is 2. The molecule has 156 valence electrons. The van der Waals surface area contributed by atoms with E-state index >= 15 is 0 Å². The Hall–Kier alpha value is -3.35. The third-order valence-corrected chi connectivity index (χ3v) is 4.98. The van der Waals surface area contributed by atoms with Gasteiger partial charge in [0.05, 0.1) is 17.6 Å². The number of nitrogens with zero attached hydrogens (tertiary/aromatic N) is 2. The highest BCUT2D eigenvalue weighted by Crippen LogP contribution is 2.22. The number of para-hydroxylation sites is 2. The molecular formula is C23H26N4O3. The second-order valence-electron chi connectivity index (χ2n) is 8.57. The first-order valence-electron chi connectivity index (χ1n) is 10.1. The van der Waals surface area contributed by atoms with Crippen LogP contribution in [0.5, 0.6) is 0 Å². The number of ether oxygens (including phenoxy) is 1. The minimum absolute atomic E-state index is 0.155. The molecule has 7 heteroatoms. The van der Waals surface area contributed by atoms with Gasteiger partial charge in [0.2, 0.25) is 5.91 Å². The second-order valence-corrected chi connectivity index (χ2v) is 8.57. The Kier molecular flexibility index (Phi) is 5.20. The van der Waals surface area contributed by atoms with Gasteiger partial charge in [0, 0.05) is 13.0 Å². The molecule has 30 heavy (non-hydrogen) atoms. The molecule has 1 aliphatic heterocycles. The van der Waals surface area contributed by atoms with E-state index in [1.807, 2.05) is 48.5 Å². The summed E-state index contributed by atoms with van der Waals surface area (Å²) in [5.74, 6) is 0.553. The van der Waals surface area contributed by atoms with Crippen LogP contribution in [0, 0.1) is 0 Å². The van der Waals surface area contributed by atoms with Crippen molar-refractivity contribution in [2.24, 2.45) is 0 Å². The number of amides is 2. The Bertz CT molecular complexity index is 1050. The zero-order valence-electron chi connectivity index (χ0n) is 17.4. The maximum atomic E-state index is 13.3. The summed E-state index contributed by atoms with van der Waals surface area (Å²) in [6, 6.07) is 15.0. The SMILES string of the molecule is CC(C)(C)OC(=O)N[C@H]1Cc2ccccc2CN(Cc2nc3ccccc3[nH]2)C1=O. The fourth-order valence-corrected chi connectivity index (χ4v) is 3.68. The number of aromatic amines is 1. The van der Waals surface area contributed by atoms with Crippen LogP contribution in [0.15, 0.2) is 48.5 Å². The lowest BCUT2D eigenvalue weighted by Gasteiger charge is -2.26. The lowest BCUT2D eigenvalue weighted by molar-refractivity contribution is -0.134. The van der Waals surface area contributed by atoms with Crippen LogP contribution < -0.4 is 5.32 Å². The van der Waals surface area contributed by atoms with Gasteiger partial charge >= 0.3 is 6.09 Å². The first-order chi connectivity index (χ1) is 14.3. The normalized spacial score (nSPS) is 16.8. The molecule has 2 N–H and O–H groups in total. The van der Waals surface area contributed by atoms with Crippen molar-refractivity contribution in [2.45, 2.75) is 51.9 Å². The van der Waals surface area contributed by atoms with E-state index in [0.29, 0.717) is 25.3 Å². The number of hydrogen-bond acceptors (Lipinski definition) is 4. The number of fused-ring (bicyclic) bond motifs is 2. The summed E-state index contributed by atoms with van der Waals surface area (Å²) in [5, 5.41) is 2.77. The van der Waals surface area contributed by atoms with Crippen LogP contribution >= 0.6 is 0 Å². The quantitative estimate of drug-likeness (QED) is 0.696. The third-order valence-electron chi connectivity index (χ3n) is 4.98. The molecule has 0 fully saturated rings. The molecular weight excluding hydrogens is 380 g/mol. The van der Waals surface area contributed by atoms with E-state index in [1.165, 1.54) is 0 Å². The summed E-state index contributed by atoms with van der Waals surface area (Å²) >= 11 is 0. The van der Waals surface area contributed by atoms with Crippen molar-refractivity contribution < 1.29 is 14.3 Å². The monoisotopic (exact) mass is 406 g/mol. The van der Waals surface area contributed by atoms with Crippen molar-refractivity contribution in [3.8, 4) is 0 Å². The predicted octanol–water partition coefficient (Wildman–Crippen LogP) is 3.54. The molecule has 1 atom stereocenters. The maximum Gasteiger partial charge on any atom is 0.408 e. The molecule has 0 radical (unpaired) electrons. The molecule has 0 bridgehead atoms. The lowest BCUT2D eigenvalue weighted by Crippen LogP contribution is -2.49. The van der Waals surface area contributed by atoms with Crippen LogP contribution in [0.1, 0.15) is 37.7 Å². The fraction of sp³-hybridized carbons (Fsp3) is 0.348. The molecule has 1 aromatic heterocycles. The highest BCUT2D eigenvalue weighted by Gasteiger charge is 2.32. The van der Waals surface area contributed by atoms with Gasteiger partial charge in [-0.25, -0.2) is 9.78 Å². The summed E-state index contributed by atoms with van der Waals surface area (Å²) in [5.41, 5.74) is 3.26. The Morgan fingerprint density at radius 3 is 2.60 bits per heavy atom. The van der Waals surface area contributed by atoms with Crippen molar-refractivity contribution in [3.05, 3.63) is 65.5 Å². The molecule has 1 aliphatic rings. The van der Waals surface area contributed by atoms with E-state index in [0.717, 1.165) is 22.2 Å². The topological polar surface area (TPSA) is 87.3 Å². The Labute approximate surface area is 175 Å². The van der Waals surface area contributed by atoms with Gasteiger partial charge < -0.3 is 19.9 Å². The zero-order chi connectivity index (χ0) is 21.3. The van der Waals surface area contributed by atoms with Crippen molar-refractivity contribution in [1.82, 2.24) is 20.2 Å². The Morgan fingerprint density at radius 1 is 1.17 bits per heavy atom. The number of carbonyl (C=O) groups excluding carboxylic acids is 2. The summed E-state index contributed by atoms with van der Waals surface area (Å²) in [6.45, 7) is 6.17. The number of imidazole rings is 1. The van der Waals surface area contributed by atoms with Crippen LogP contribution in [0.2, 0.25) is 0 Å². The van der Waals surface area contributed by atoms with E-state index in [1.54, 1.807) is 25.7 Å². The second kappa shape index (κ2) is 7.82. The van der Waals surface area contributed by atoms with Crippen molar-refractivity contribution in [3.63, 3.8) is 0 Å². The third kappa shape index (κ3) is 4.45. The minimum Gasteiger partial charge on any atom is -0.444 e. The van der Waals surface area contributed by atoms with Crippen molar-refractivity contribution in [2.75, 3.05) is 0 Å². The number of alkyl carbamates (subject to hydrolysis) is 1. The maximum absolute atomic E-state index is 13.3. The van der Waals surface area contributed by atoms with Crippen LogP contribution in [0.4, 0.5) is 4.79 Å². The first kappa shape index (κ1) is 19.9. The Morgan fingerprint density at radius 2 is 1.87 bits per heavy atom. The van der Waals surface area contributed by atoms with E-state index in [4.69, 9.17) is 4.74 Å². The summed E-state index contributed by atoms with van der Waals surface area (Å²) in [6.07, 6.45) is -0.172. The largest absolute Gasteiger partial charge is 0.444 e. The first-order valence-corrected chi connectivity index (χ1v) is 10.1.